The van der Waals surface area contributed by atoms with Crippen molar-refractivity contribution in [2.45, 2.75) is 20.4 Å². The molecule has 3 N–H and O–H groups in total. The van der Waals surface area contributed by atoms with Crippen molar-refractivity contribution in [1.82, 2.24) is 10.6 Å². The fraction of sp³-hybridized carbons (Fsp3) is 0.429. The molecule has 1 unspecified atom stereocenters. The second-order valence-electron chi connectivity index (χ2n) is 4.43. The van der Waals surface area contributed by atoms with Gasteiger partial charge < -0.3 is 15.7 Å². The summed E-state index contributed by atoms with van der Waals surface area (Å²) in [5, 5.41) is 14.7. The van der Waals surface area contributed by atoms with E-state index in [0.717, 1.165) is 12.1 Å². The van der Waals surface area contributed by atoms with Gasteiger partial charge in [0, 0.05) is 19.0 Å². The summed E-state index contributed by atoms with van der Waals surface area (Å²) in [7, 11) is 0. The molecule has 0 aromatic heterocycles. The number of carbonyl (C=O) groups excluding carboxylic acids is 1. The zero-order valence-corrected chi connectivity index (χ0v) is 11.3. The van der Waals surface area contributed by atoms with Crippen molar-refractivity contribution < 1.29 is 14.7 Å². The Bertz CT molecular complexity index is 429. The van der Waals surface area contributed by atoms with E-state index >= 15 is 0 Å². The molecule has 5 heteroatoms. The van der Waals surface area contributed by atoms with Gasteiger partial charge >= 0.3 is 5.97 Å². The van der Waals surface area contributed by atoms with Crippen LogP contribution in [0, 0.1) is 5.92 Å². The van der Waals surface area contributed by atoms with Crippen LogP contribution >= 0.6 is 0 Å². The van der Waals surface area contributed by atoms with Crippen LogP contribution in [0.4, 0.5) is 0 Å². The minimum atomic E-state index is -0.949. The molecule has 0 bridgehead atoms. The van der Waals surface area contributed by atoms with Gasteiger partial charge in [0.05, 0.1) is 5.56 Å². The third-order valence-electron chi connectivity index (χ3n) is 2.82. The zero-order chi connectivity index (χ0) is 14.3. The molecule has 1 rings (SSSR count). The van der Waals surface area contributed by atoms with Gasteiger partial charge in [-0.25, -0.2) is 4.79 Å². The third kappa shape index (κ3) is 5.09. The first-order chi connectivity index (χ1) is 9.04. The van der Waals surface area contributed by atoms with E-state index in [4.69, 9.17) is 5.11 Å². The molecular formula is C14H20N2O3. The Hall–Kier alpha value is -1.88. The quantitative estimate of drug-likeness (QED) is 0.692. The van der Waals surface area contributed by atoms with Gasteiger partial charge in [-0.1, -0.05) is 26.0 Å². The fourth-order valence-corrected chi connectivity index (χ4v) is 1.58. The molecule has 1 atom stereocenters. The first-order valence-corrected chi connectivity index (χ1v) is 6.35. The molecule has 0 saturated carbocycles. The summed E-state index contributed by atoms with van der Waals surface area (Å²) in [6, 6.07) is 6.48. The monoisotopic (exact) mass is 264 g/mol. The molecule has 0 heterocycles. The van der Waals surface area contributed by atoms with Crippen molar-refractivity contribution >= 4 is 11.9 Å². The predicted molar refractivity (Wildman–Crippen MR) is 73.0 cm³/mol. The number of amides is 1. The Kier molecular flexibility index (Phi) is 6.02. The van der Waals surface area contributed by atoms with Gasteiger partial charge in [-0.15, -0.1) is 0 Å². The highest BCUT2D eigenvalue weighted by molar-refractivity contribution is 5.87. The summed E-state index contributed by atoms with van der Waals surface area (Å²) in [6.07, 6.45) is 0. The van der Waals surface area contributed by atoms with E-state index in [1.165, 1.54) is 12.1 Å². The summed E-state index contributed by atoms with van der Waals surface area (Å²) in [4.78, 5) is 22.4. The van der Waals surface area contributed by atoms with Crippen LogP contribution in [0.5, 0.6) is 0 Å². The van der Waals surface area contributed by atoms with Gasteiger partial charge in [0.15, 0.2) is 0 Å². The molecule has 5 nitrogen and oxygen atoms in total. The molecule has 0 saturated heterocycles. The Labute approximate surface area is 113 Å². The second-order valence-corrected chi connectivity index (χ2v) is 4.43. The SMILES string of the molecule is CCNCC(C)C(=O)NCc1ccc(C(=O)O)cc1. The highest BCUT2D eigenvalue weighted by Gasteiger charge is 2.11. The molecule has 1 amide bonds. The number of rotatable bonds is 7. The lowest BCUT2D eigenvalue weighted by molar-refractivity contribution is -0.124. The molecule has 0 spiro atoms. The van der Waals surface area contributed by atoms with Crippen molar-refractivity contribution in [2.24, 2.45) is 5.92 Å². The van der Waals surface area contributed by atoms with Crippen LogP contribution in [0.25, 0.3) is 0 Å². The Morgan fingerprint density at radius 3 is 2.42 bits per heavy atom. The maximum atomic E-state index is 11.8. The summed E-state index contributed by atoms with van der Waals surface area (Å²) in [5.41, 5.74) is 1.13. The van der Waals surface area contributed by atoms with Gasteiger partial charge in [-0.05, 0) is 24.2 Å². The molecule has 0 aliphatic rings. The molecular weight excluding hydrogens is 244 g/mol. The molecule has 1 aromatic rings. The average Bonchev–Trinajstić information content (AvgIpc) is 2.42. The lowest BCUT2D eigenvalue weighted by atomic mass is 10.1. The number of hydrogen-bond donors (Lipinski definition) is 3. The van der Waals surface area contributed by atoms with Crippen LogP contribution in [0.3, 0.4) is 0 Å². The summed E-state index contributed by atoms with van der Waals surface area (Å²) in [6.45, 7) is 5.77. The number of aromatic carboxylic acids is 1. The van der Waals surface area contributed by atoms with Crippen LogP contribution < -0.4 is 10.6 Å². The van der Waals surface area contributed by atoms with Crippen LogP contribution in [0.1, 0.15) is 29.8 Å². The van der Waals surface area contributed by atoms with Crippen molar-refractivity contribution in [1.29, 1.82) is 0 Å². The summed E-state index contributed by atoms with van der Waals surface area (Å²) in [5.74, 6) is -1.05. The fourth-order valence-electron chi connectivity index (χ4n) is 1.58. The smallest absolute Gasteiger partial charge is 0.335 e. The van der Waals surface area contributed by atoms with Gasteiger partial charge in [0.2, 0.25) is 5.91 Å². The highest BCUT2D eigenvalue weighted by atomic mass is 16.4. The highest BCUT2D eigenvalue weighted by Crippen LogP contribution is 2.04. The van der Waals surface area contributed by atoms with E-state index in [2.05, 4.69) is 10.6 Å². The Morgan fingerprint density at radius 1 is 1.26 bits per heavy atom. The summed E-state index contributed by atoms with van der Waals surface area (Å²) >= 11 is 0. The Balaban J connectivity index is 2.43. The van der Waals surface area contributed by atoms with Crippen LogP contribution in [-0.4, -0.2) is 30.1 Å². The molecule has 0 radical (unpaired) electrons. The van der Waals surface area contributed by atoms with Gasteiger partial charge in [-0.2, -0.15) is 0 Å². The van der Waals surface area contributed by atoms with E-state index in [-0.39, 0.29) is 17.4 Å². The predicted octanol–water partition coefficient (Wildman–Crippen LogP) is 1.25. The van der Waals surface area contributed by atoms with E-state index in [1.807, 2.05) is 13.8 Å². The topological polar surface area (TPSA) is 78.4 Å². The molecule has 0 aliphatic heterocycles. The number of nitrogens with one attached hydrogen (secondary N) is 2. The average molecular weight is 264 g/mol. The number of carbonyl (C=O) groups is 2. The molecule has 0 aliphatic carbocycles. The largest absolute Gasteiger partial charge is 0.478 e. The maximum absolute atomic E-state index is 11.8. The Morgan fingerprint density at radius 2 is 1.89 bits per heavy atom. The normalized spacial score (nSPS) is 11.9. The lowest BCUT2D eigenvalue weighted by Gasteiger charge is -2.12. The van der Waals surface area contributed by atoms with Crippen molar-refractivity contribution in [3.05, 3.63) is 35.4 Å². The molecule has 1 aromatic carbocycles. The lowest BCUT2D eigenvalue weighted by Crippen LogP contribution is -2.34. The second kappa shape index (κ2) is 7.53. The first kappa shape index (κ1) is 15.2. The van der Waals surface area contributed by atoms with Gasteiger partial charge in [-0.3, -0.25) is 4.79 Å². The van der Waals surface area contributed by atoms with Crippen LogP contribution in [0.2, 0.25) is 0 Å². The summed E-state index contributed by atoms with van der Waals surface area (Å²) < 4.78 is 0. The molecule has 19 heavy (non-hydrogen) atoms. The number of hydrogen-bond acceptors (Lipinski definition) is 3. The molecule has 0 fully saturated rings. The number of carboxylic acids is 1. The van der Waals surface area contributed by atoms with E-state index in [0.29, 0.717) is 13.1 Å². The van der Waals surface area contributed by atoms with Gasteiger partial charge in [0.25, 0.3) is 0 Å². The number of benzene rings is 1. The van der Waals surface area contributed by atoms with Crippen molar-refractivity contribution in [2.75, 3.05) is 13.1 Å². The minimum absolute atomic E-state index is 0.0109. The standard InChI is InChI=1S/C14H20N2O3/c1-3-15-8-10(2)13(17)16-9-11-4-6-12(7-5-11)14(18)19/h4-7,10,15H,3,8-9H2,1-2H3,(H,16,17)(H,18,19). The maximum Gasteiger partial charge on any atom is 0.335 e. The number of carboxylic acid groups (broad SMARTS) is 1. The minimum Gasteiger partial charge on any atom is -0.478 e. The van der Waals surface area contributed by atoms with Crippen molar-refractivity contribution in [3.63, 3.8) is 0 Å². The zero-order valence-electron chi connectivity index (χ0n) is 11.3. The van der Waals surface area contributed by atoms with Crippen LogP contribution in [-0.2, 0) is 11.3 Å². The van der Waals surface area contributed by atoms with E-state index < -0.39 is 5.97 Å². The first-order valence-electron chi connectivity index (χ1n) is 6.35. The van der Waals surface area contributed by atoms with Crippen LogP contribution in [0.15, 0.2) is 24.3 Å². The van der Waals surface area contributed by atoms with E-state index in [1.54, 1.807) is 12.1 Å². The van der Waals surface area contributed by atoms with E-state index in [9.17, 15) is 9.59 Å². The van der Waals surface area contributed by atoms with Crippen molar-refractivity contribution in [3.8, 4) is 0 Å². The third-order valence-corrected chi connectivity index (χ3v) is 2.82. The van der Waals surface area contributed by atoms with Gasteiger partial charge in [0.1, 0.15) is 0 Å². The molecule has 104 valence electrons.